The molecule has 0 aromatic heterocycles. The minimum atomic E-state index is 0. The van der Waals surface area contributed by atoms with Gasteiger partial charge in [0.25, 0.3) is 0 Å². The maximum atomic E-state index is 5.43. The summed E-state index contributed by atoms with van der Waals surface area (Å²) in [4.78, 5) is 0. The third-order valence-corrected chi connectivity index (χ3v) is 2.90. The van der Waals surface area contributed by atoms with Gasteiger partial charge in [-0.3, -0.25) is 0 Å². The molecule has 0 heterocycles. The molecular weight excluding hydrogens is 365 g/mol. The Morgan fingerprint density at radius 2 is 1.43 bits per heavy atom. The van der Waals surface area contributed by atoms with Crippen LogP contribution in [0.4, 0.5) is 0 Å². The van der Waals surface area contributed by atoms with E-state index < -0.39 is 0 Å². The van der Waals surface area contributed by atoms with Crippen LogP contribution < -0.4 is 30.6 Å². The van der Waals surface area contributed by atoms with Crippen LogP contribution in [0.2, 0.25) is 0 Å². The first-order chi connectivity index (χ1) is 9.78. The van der Waals surface area contributed by atoms with Crippen molar-refractivity contribution in [3.8, 4) is 17.2 Å². The van der Waals surface area contributed by atoms with Gasteiger partial charge in [0, 0.05) is 38.3 Å². The van der Waals surface area contributed by atoms with Crippen LogP contribution in [0.3, 0.4) is 0 Å². The summed E-state index contributed by atoms with van der Waals surface area (Å²) < 4.78 is 16.0. The maximum Gasteiger partial charge on any atom is 0.203 e. The van der Waals surface area contributed by atoms with Gasteiger partial charge in [0.05, 0.1) is 21.3 Å². The largest absolute Gasteiger partial charge is 0.493 e. The zero-order chi connectivity index (χ0) is 14.8. The third kappa shape index (κ3) is 8.69. The minimum absolute atomic E-state index is 0. The summed E-state index contributed by atoms with van der Waals surface area (Å²) >= 11 is 0. The SMILES string of the molecule is COc1ccc(CNCCNCCN)c(OC)c1OC.Cl.Cl.Cl. The van der Waals surface area contributed by atoms with Gasteiger partial charge in [0.1, 0.15) is 0 Å². The number of ether oxygens (including phenoxy) is 3. The highest BCUT2D eigenvalue weighted by atomic mass is 35.5. The van der Waals surface area contributed by atoms with Crippen molar-refractivity contribution in [2.45, 2.75) is 6.54 Å². The summed E-state index contributed by atoms with van der Waals surface area (Å²) in [5, 5.41) is 6.57. The molecule has 0 radical (unpaired) electrons. The summed E-state index contributed by atoms with van der Waals surface area (Å²) in [6.07, 6.45) is 0. The molecule has 23 heavy (non-hydrogen) atoms. The predicted octanol–water partition coefficient (Wildman–Crippen LogP) is 1.62. The molecule has 0 amide bonds. The Labute approximate surface area is 157 Å². The van der Waals surface area contributed by atoms with Crippen molar-refractivity contribution in [2.24, 2.45) is 5.73 Å². The van der Waals surface area contributed by atoms with Crippen molar-refractivity contribution in [2.75, 3.05) is 47.5 Å². The number of nitrogens with two attached hydrogens (primary N) is 1. The molecule has 0 aliphatic carbocycles. The topological polar surface area (TPSA) is 77.8 Å². The number of hydrogen-bond acceptors (Lipinski definition) is 6. The third-order valence-electron chi connectivity index (χ3n) is 2.90. The second-order valence-electron chi connectivity index (χ2n) is 4.21. The molecule has 1 aromatic carbocycles. The van der Waals surface area contributed by atoms with Gasteiger partial charge in [-0.15, -0.1) is 37.2 Å². The van der Waals surface area contributed by atoms with E-state index in [9.17, 15) is 0 Å². The average molecular weight is 393 g/mol. The highest BCUT2D eigenvalue weighted by Gasteiger charge is 2.15. The Morgan fingerprint density at radius 3 is 1.96 bits per heavy atom. The van der Waals surface area contributed by atoms with Gasteiger partial charge in [0.15, 0.2) is 11.5 Å². The molecule has 0 saturated carbocycles. The quantitative estimate of drug-likeness (QED) is 0.525. The van der Waals surface area contributed by atoms with E-state index in [2.05, 4.69) is 10.6 Å². The minimum Gasteiger partial charge on any atom is -0.493 e. The lowest BCUT2D eigenvalue weighted by Crippen LogP contribution is -2.30. The van der Waals surface area contributed by atoms with Crippen LogP contribution in [0.1, 0.15) is 5.56 Å². The average Bonchev–Trinajstić information content (AvgIpc) is 2.49. The van der Waals surface area contributed by atoms with Crippen molar-refractivity contribution in [1.82, 2.24) is 10.6 Å². The van der Waals surface area contributed by atoms with Crippen LogP contribution in [0.5, 0.6) is 17.2 Å². The number of nitrogens with one attached hydrogen (secondary N) is 2. The maximum absolute atomic E-state index is 5.43. The van der Waals surface area contributed by atoms with Gasteiger partial charge in [-0.1, -0.05) is 6.07 Å². The molecule has 1 aromatic rings. The Morgan fingerprint density at radius 1 is 0.826 bits per heavy atom. The first-order valence-electron chi connectivity index (χ1n) is 6.67. The molecule has 0 bridgehead atoms. The Bertz CT molecular complexity index is 412. The molecule has 0 fully saturated rings. The second kappa shape index (κ2) is 16.2. The van der Waals surface area contributed by atoms with Crippen molar-refractivity contribution >= 4 is 37.2 Å². The van der Waals surface area contributed by atoms with Crippen LogP contribution in [0.25, 0.3) is 0 Å². The summed E-state index contributed by atoms with van der Waals surface area (Å²) in [6.45, 7) is 3.93. The Balaban J connectivity index is -0.00000133. The fraction of sp³-hybridized carbons (Fsp3) is 0.571. The van der Waals surface area contributed by atoms with E-state index in [-0.39, 0.29) is 37.2 Å². The van der Waals surface area contributed by atoms with Crippen LogP contribution in [-0.4, -0.2) is 47.5 Å². The second-order valence-corrected chi connectivity index (χ2v) is 4.21. The van der Waals surface area contributed by atoms with E-state index in [1.165, 1.54) is 0 Å². The van der Waals surface area contributed by atoms with Gasteiger partial charge < -0.3 is 30.6 Å². The van der Waals surface area contributed by atoms with Crippen LogP contribution >= 0.6 is 37.2 Å². The monoisotopic (exact) mass is 391 g/mol. The van der Waals surface area contributed by atoms with E-state index in [0.29, 0.717) is 30.3 Å². The molecular formula is C14H28Cl3N3O3. The zero-order valence-electron chi connectivity index (χ0n) is 13.7. The van der Waals surface area contributed by atoms with Gasteiger partial charge in [-0.25, -0.2) is 0 Å². The normalized spacial score (nSPS) is 9.04. The summed E-state index contributed by atoms with van der Waals surface area (Å²) in [5.74, 6) is 1.99. The first-order valence-corrected chi connectivity index (χ1v) is 6.67. The van der Waals surface area contributed by atoms with Gasteiger partial charge in [0.2, 0.25) is 5.75 Å². The first kappa shape index (κ1) is 27.2. The highest BCUT2D eigenvalue weighted by Crippen LogP contribution is 2.39. The Hall–Kier alpha value is -0.630. The smallest absolute Gasteiger partial charge is 0.203 e. The van der Waals surface area contributed by atoms with E-state index in [0.717, 1.165) is 25.2 Å². The van der Waals surface area contributed by atoms with Crippen molar-refractivity contribution in [3.05, 3.63) is 17.7 Å². The number of rotatable bonds is 10. The summed E-state index contributed by atoms with van der Waals surface area (Å²) in [6, 6.07) is 3.85. The molecule has 6 nitrogen and oxygen atoms in total. The molecule has 0 aliphatic rings. The fourth-order valence-electron chi connectivity index (χ4n) is 1.93. The number of methoxy groups -OCH3 is 3. The van der Waals surface area contributed by atoms with Crippen LogP contribution in [0.15, 0.2) is 12.1 Å². The molecule has 0 saturated heterocycles. The molecule has 0 unspecified atom stereocenters. The lowest BCUT2D eigenvalue weighted by Gasteiger charge is -2.16. The molecule has 1 rings (SSSR count). The molecule has 0 spiro atoms. The Kier molecular flexibility index (Phi) is 19.2. The summed E-state index contributed by atoms with van der Waals surface area (Å²) in [7, 11) is 4.84. The molecule has 0 aliphatic heterocycles. The van der Waals surface area contributed by atoms with E-state index in [4.69, 9.17) is 19.9 Å². The van der Waals surface area contributed by atoms with E-state index in [1.54, 1.807) is 21.3 Å². The van der Waals surface area contributed by atoms with Gasteiger partial charge in [-0.05, 0) is 6.07 Å². The van der Waals surface area contributed by atoms with Gasteiger partial charge >= 0.3 is 0 Å². The summed E-state index contributed by atoms with van der Waals surface area (Å²) in [5.41, 5.74) is 6.44. The van der Waals surface area contributed by atoms with Crippen molar-refractivity contribution < 1.29 is 14.2 Å². The molecule has 138 valence electrons. The molecule has 9 heteroatoms. The van der Waals surface area contributed by atoms with Crippen LogP contribution in [-0.2, 0) is 6.54 Å². The fourth-order valence-corrected chi connectivity index (χ4v) is 1.93. The molecule has 0 atom stereocenters. The lowest BCUT2D eigenvalue weighted by atomic mass is 10.1. The van der Waals surface area contributed by atoms with Crippen molar-refractivity contribution in [1.29, 1.82) is 0 Å². The van der Waals surface area contributed by atoms with Gasteiger partial charge in [-0.2, -0.15) is 0 Å². The number of halogens is 3. The number of hydrogen-bond donors (Lipinski definition) is 3. The van der Waals surface area contributed by atoms with Crippen LogP contribution in [0, 0.1) is 0 Å². The standard InChI is InChI=1S/C14H25N3O3.3ClH/c1-18-12-5-4-11(13(19-2)14(12)20-3)10-17-9-8-16-7-6-15;;;/h4-5,16-17H,6-10,15H2,1-3H3;3*1H. The van der Waals surface area contributed by atoms with Crippen molar-refractivity contribution in [3.63, 3.8) is 0 Å². The van der Waals surface area contributed by atoms with E-state index >= 15 is 0 Å². The highest BCUT2D eigenvalue weighted by molar-refractivity contribution is 5.86. The molecule has 4 N–H and O–H groups in total. The predicted molar refractivity (Wildman–Crippen MR) is 101 cm³/mol. The number of benzene rings is 1. The lowest BCUT2D eigenvalue weighted by molar-refractivity contribution is 0.321. The van der Waals surface area contributed by atoms with E-state index in [1.807, 2.05) is 12.1 Å². The zero-order valence-corrected chi connectivity index (χ0v) is 16.2.